The molecule has 1 rings (SSSR count). The largest absolute Gasteiger partial charge is 0.312 e. The van der Waals surface area contributed by atoms with Crippen molar-refractivity contribution in [1.29, 1.82) is 0 Å². The number of allylic oxidation sites excluding steroid dienone is 2. The Hall–Kier alpha value is -1.36. The van der Waals surface area contributed by atoms with Gasteiger partial charge in [0.05, 0.1) is 10.8 Å². The number of nitrogens with one attached hydrogen (secondary N) is 1. The van der Waals surface area contributed by atoms with E-state index in [1.165, 1.54) is 0 Å². The molecule has 0 spiro atoms. The molecule has 0 aromatic carbocycles. The van der Waals surface area contributed by atoms with Gasteiger partial charge in [0.1, 0.15) is 5.82 Å². The van der Waals surface area contributed by atoms with Crippen LogP contribution in [0.25, 0.3) is 4.61 Å². The average Bonchev–Trinajstić information content (AvgIpc) is 2.62. The van der Waals surface area contributed by atoms with E-state index >= 15 is 0 Å². The Morgan fingerprint density at radius 3 is 3.07 bits per heavy atom. The second-order valence-corrected chi connectivity index (χ2v) is 3.57. The Morgan fingerprint density at radius 1 is 1.80 bits per heavy atom. The zero-order chi connectivity index (χ0) is 11.3. The molecule has 0 aliphatic heterocycles. The lowest BCUT2D eigenvalue weighted by Crippen LogP contribution is -1.96. The molecule has 0 saturated heterocycles. The molecule has 5 heteroatoms. The van der Waals surface area contributed by atoms with Crippen LogP contribution in [0.4, 0.5) is 5.82 Å². The third-order valence-corrected chi connectivity index (χ3v) is 2.43. The summed E-state index contributed by atoms with van der Waals surface area (Å²) in [6, 6.07) is 0. The monoisotopic (exact) mass is 269 g/mol. The molecular formula is C10H12BrN3O. The number of hydrogen-bond donors (Lipinski definition) is 1. The van der Waals surface area contributed by atoms with Crippen LogP contribution in [0.5, 0.6) is 0 Å². The lowest BCUT2D eigenvalue weighted by Gasteiger charge is -2.02. The number of aromatic nitrogens is 2. The molecule has 1 heterocycles. The first-order valence-corrected chi connectivity index (χ1v) is 5.29. The maximum atomic E-state index is 10.3. The van der Waals surface area contributed by atoms with Gasteiger partial charge in [0.2, 0.25) is 6.41 Å². The fourth-order valence-corrected chi connectivity index (χ4v) is 1.65. The number of anilines is 1. The van der Waals surface area contributed by atoms with E-state index in [0.29, 0.717) is 12.2 Å². The highest BCUT2D eigenvalue weighted by atomic mass is 79.9. The quantitative estimate of drug-likeness (QED) is 0.659. The van der Waals surface area contributed by atoms with Crippen molar-refractivity contribution in [1.82, 2.24) is 9.55 Å². The minimum absolute atomic E-state index is 0.538. The van der Waals surface area contributed by atoms with Gasteiger partial charge in [0.15, 0.2) is 5.82 Å². The summed E-state index contributed by atoms with van der Waals surface area (Å²) in [6.45, 7) is 5.61. The second kappa shape index (κ2) is 5.50. The number of nitrogens with zero attached hydrogens (tertiary/aromatic N) is 2. The number of aryl methyl sites for hydroxylation is 1. The van der Waals surface area contributed by atoms with Gasteiger partial charge < -0.3 is 5.32 Å². The molecule has 0 saturated carbocycles. The number of carbonyl (C=O) groups is 1. The predicted octanol–water partition coefficient (Wildman–Crippen LogP) is 2.39. The number of imidazole rings is 1. The molecule has 1 aromatic heterocycles. The molecule has 80 valence electrons. The zero-order valence-corrected chi connectivity index (χ0v) is 9.99. The molecular weight excluding hydrogens is 258 g/mol. The fraction of sp³-hybridized carbons (Fsp3) is 0.200. The van der Waals surface area contributed by atoms with Crippen LogP contribution >= 0.6 is 15.9 Å². The number of carbonyl (C=O) groups excluding carboxylic acids is 1. The average molecular weight is 270 g/mol. The normalized spacial score (nSPS) is 11.2. The molecule has 0 atom stereocenters. The molecule has 0 unspecified atom stereocenters. The van der Waals surface area contributed by atoms with Gasteiger partial charge in [-0.2, -0.15) is 0 Å². The Morgan fingerprint density at radius 2 is 2.53 bits per heavy atom. The Balaban J connectivity index is 3.09. The van der Waals surface area contributed by atoms with Gasteiger partial charge in [-0.15, -0.1) is 0 Å². The second-order valence-electron chi connectivity index (χ2n) is 2.75. The van der Waals surface area contributed by atoms with E-state index in [9.17, 15) is 4.79 Å². The van der Waals surface area contributed by atoms with Gasteiger partial charge in [0.25, 0.3) is 0 Å². The minimum atomic E-state index is 0.538. The third kappa shape index (κ3) is 2.79. The maximum absolute atomic E-state index is 10.3. The molecule has 0 aliphatic rings. The molecule has 1 N–H and O–H groups in total. The highest BCUT2D eigenvalue weighted by Gasteiger charge is 2.07. The minimum Gasteiger partial charge on any atom is -0.312 e. The Kier molecular flexibility index (Phi) is 4.30. The lowest BCUT2D eigenvalue weighted by molar-refractivity contribution is -0.105. The van der Waals surface area contributed by atoms with Crippen molar-refractivity contribution in [2.45, 2.75) is 13.3 Å². The molecule has 1 aromatic rings. The van der Waals surface area contributed by atoms with Gasteiger partial charge >= 0.3 is 0 Å². The van der Waals surface area contributed by atoms with Crippen LogP contribution in [0.15, 0.2) is 24.9 Å². The molecule has 4 nitrogen and oxygen atoms in total. The Labute approximate surface area is 96.8 Å². The summed E-state index contributed by atoms with van der Waals surface area (Å²) in [5.41, 5.74) is 0. The van der Waals surface area contributed by atoms with Crippen molar-refractivity contribution in [2.75, 3.05) is 5.32 Å². The van der Waals surface area contributed by atoms with Crippen LogP contribution in [0.2, 0.25) is 0 Å². The fourth-order valence-electron chi connectivity index (χ4n) is 1.16. The summed E-state index contributed by atoms with van der Waals surface area (Å²) in [7, 11) is 0. The van der Waals surface area contributed by atoms with Crippen LogP contribution in [-0.4, -0.2) is 16.0 Å². The molecule has 0 fully saturated rings. The van der Waals surface area contributed by atoms with Crippen LogP contribution in [0, 0.1) is 0 Å². The predicted molar refractivity (Wildman–Crippen MR) is 64.7 cm³/mol. The first-order chi connectivity index (χ1) is 7.22. The van der Waals surface area contributed by atoms with Gasteiger partial charge in [-0.1, -0.05) is 19.6 Å². The molecule has 0 aliphatic carbocycles. The van der Waals surface area contributed by atoms with Crippen molar-refractivity contribution in [2.24, 2.45) is 0 Å². The number of halogens is 1. The molecule has 1 amide bonds. The van der Waals surface area contributed by atoms with Crippen LogP contribution < -0.4 is 5.32 Å². The molecule has 0 bridgehead atoms. The molecule has 15 heavy (non-hydrogen) atoms. The summed E-state index contributed by atoms with van der Waals surface area (Å²) >= 11 is 3.40. The lowest BCUT2D eigenvalue weighted by atomic mass is 10.4. The number of amides is 1. The van der Waals surface area contributed by atoms with Crippen molar-refractivity contribution in [3.05, 3.63) is 30.8 Å². The van der Waals surface area contributed by atoms with Crippen LogP contribution in [0.1, 0.15) is 12.7 Å². The van der Waals surface area contributed by atoms with Gasteiger partial charge in [-0.05, 0) is 22.0 Å². The van der Waals surface area contributed by atoms with E-state index in [1.807, 2.05) is 17.6 Å². The Bertz CT molecular complexity index is 395. The van der Waals surface area contributed by atoms with Crippen molar-refractivity contribution < 1.29 is 4.79 Å². The number of rotatable bonds is 5. The SMILES string of the molecule is C=C/C=C(/Br)n1cc(NC=O)nc1CC. The summed E-state index contributed by atoms with van der Waals surface area (Å²) in [4.78, 5) is 14.5. The van der Waals surface area contributed by atoms with E-state index in [2.05, 4.69) is 32.8 Å². The first kappa shape index (κ1) is 11.7. The van der Waals surface area contributed by atoms with E-state index in [4.69, 9.17) is 0 Å². The van der Waals surface area contributed by atoms with Crippen LogP contribution in [0.3, 0.4) is 0 Å². The van der Waals surface area contributed by atoms with Crippen molar-refractivity contribution in [3.63, 3.8) is 0 Å². The van der Waals surface area contributed by atoms with Gasteiger partial charge in [-0.25, -0.2) is 4.98 Å². The van der Waals surface area contributed by atoms with Crippen molar-refractivity contribution >= 4 is 32.8 Å². The zero-order valence-electron chi connectivity index (χ0n) is 8.40. The third-order valence-electron chi connectivity index (χ3n) is 1.79. The smallest absolute Gasteiger partial charge is 0.212 e. The molecule has 0 radical (unpaired) electrons. The van der Waals surface area contributed by atoms with Gasteiger partial charge in [0, 0.05) is 6.42 Å². The van der Waals surface area contributed by atoms with Gasteiger partial charge in [-0.3, -0.25) is 9.36 Å². The summed E-state index contributed by atoms with van der Waals surface area (Å²) < 4.78 is 2.69. The summed E-state index contributed by atoms with van der Waals surface area (Å²) in [5, 5.41) is 2.51. The van der Waals surface area contributed by atoms with Crippen molar-refractivity contribution in [3.8, 4) is 0 Å². The van der Waals surface area contributed by atoms with Crippen LogP contribution in [-0.2, 0) is 11.2 Å². The van der Waals surface area contributed by atoms with E-state index in [-0.39, 0.29) is 0 Å². The topological polar surface area (TPSA) is 46.9 Å². The summed E-state index contributed by atoms with van der Waals surface area (Å²) in [6.07, 6.45) is 6.62. The van der Waals surface area contributed by atoms with E-state index < -0.39 is 0 Å². The highest BCUT2D eigenvalue weighted by Crippen LogP contribution is 2.19. The van der Waals surface area contributed by atoms with E-state index in [1.54, 1.807) is 12.3 Å². The van der Waals surface area contributed by atoms with E-state index in [0.717, 1.165) is 16.9 Å². The summed E-state index contributed by atoms with van der Waals surface area (Å²) in [5.74, 6) is 1.40. The first-order valence-electron chi connectivity index (χ1n) is 4.50. The standard InChI is InChI=1S/C10H12BrN3O/c1-3-5-8(11)14-6-9(12-7-15)13-10(14)4-2/h3,5-7H,1,4H2,2H3,(H,12,15)/b8-5-. The highest BCUT2D eigenvalue weighted by molar-refractivity contribution is 9.14. The number of hydrogen-bond acceptors (Lipinski definition) is 2. The maximum Gasteiger partial charge on any atom is 0.212 e.